The van der Waals surface area contributed by atoms with E-state index < -0.39 is 28.5 Å². The molecule has 0 radical (unpaired) electrons. The highest BCUT2D eigenvalue weighted by atomic mass is 32.2. The third kappa shape index (κ3) is 7.02. The van der Waals surface area contributed by atoms with Gasteiger partial charge in [0.15, 0.2) is 6.61 Å². The standard InChI is InChI=1S/C38H35N3O6S2/c1-4-46-29-16-14-25(15-17-29)12-13-26-20-31-32(23-39)36(48-35(31)38(2,3)22-26)40-34(42)24-47-37(43)28-9-7-10-30(21-28)49(44,45)41-19-18-27-8-5-6-11-33(27)41/h5-17,20-21H,4,18-19,22,24H2,1-3H3,(H,40,42). The normalized spacial score (nSPS) is 14.8. The number of esters is 1. The number of nitriles is 1. The van der Waals surface area contributed by atoms with Crippen LogP contribution in [0.2, 0.25) is 0 Å². The van der Waals surface area contributed by atoms with E-state index in [9.17, 15) is 23.3 Å². The van der Waals surface area contributed by atoms with Gasteiger partial charge in [-0.3, -0.25) is 9.10 Å². The summed E-state index contributed by atoms with van der Waals surface area (Å²) in [6.45, 7) is 6.45. The number of carbonyl (C=O) groups excluding carboxylic acids is 2. The Morgan fingerprint density at radius 2 is 1.84 bits per heavy atom. The molecule has 0 saturated carbocycles. The molecule has 0 fully saturated rings. The minimum Gasteiger partial charge on any atom is -0.494 e. The van der Waals surface area contributed by atoms with Crippen molar-refractivity contribution in [2.24, 2.45) is 0 Å². The molecule has 0 atom stereocenters. The fraction of sp³-hybridized carbons (Fsp3) is 0.237. The molecule has 1 N–H and O–H groups in total. The highest BCUT2D eigenvalue weighted by Gasteiger charge is 2.34. The number of anilines is 2. The second kappa shape index (κ2) is 13.7. The van der Waals surface area contributed by atoms with Crippen LogP contribution in [0.15, 0.2) is 89.3 Å². The number of thiophene rings is 1. The SMILES string of the molecule is CCOc1ccc(C=CC2=Cc3c(sc(NC(=O)COC(=O)c4cccc(S(=O)(=O)N5CCc6ccccc65)c4)c3C#N)C(C)(C)C2)cc1. The van der Waals surface area contributed by atoms with Crippen LogP contribution in [0, 0.1) is 11.3 Å². The van der Waals surface area contributed by atoms with Gasteiger partial charge < -0.3 is 14.8 Å². The third-order valence-electron chi connectivity index (χ3n) is 8.42. The summed E-state index contributed by atoms with van der Waals surface area (Å²) in [5, 5.41) is 13.2. The number of fused-ring (bicyclic) bond motifs is 2. The number of amides is 1. The molecule has 0 saturated heterocycles. The second-order valence-corrected chi connectivity index (χ2v) is 15.3. The molecule has 11 heteroatoms. The van der Waals surface area contributed by atoms with Crippen LogP contribution < -0.4 is 14.4 Å². The summed E-state index contributed by atoms with van der Waals surface area (Å²) in [6.07, 6.45) is 7.39. The molecular weight excluding hydrogens is 659 g/mol. The molecule has 0 unspecified atom stereocenters. The molecule has 0 bridgehead atoms. The zero-order chi connectivity index (χ0) is 34.8. The zero-order valence-electron chi connectivity index (χ0n) is 27.4. The number of nitrogens with zero attached hydrogens (tertiary/aromatic N) is 2. The quantitative estimate of drug-likeness (QED) is 0.172. The maximum Gasteiger partial charge on any atom is 0.338 e. The van der Waals surface area contributed by atoms with Gasteiger partial charge in [0.1, 0.15) is 16.8 Å². The lowest BCUT2D eigenvalue weighted by atomic mass is 9.77. The van der Waals surface area contributed by atoms with E-state index >= 15 is 0 Å². The molecule has 1 aliphatic carbocycles. The molecule has 0 spiro atoms. The van der Waals surface area contributed by atoms with E-state index in [1.807, 2.05) is 61.5 Å². The Kier molecular flexibility index (Phi) is 9.45. The first-order valence-corrected chi connectivity index (χ1v) is 18.1. The number of hydrogen-bond acceptors (Lipinski definition) is 8. The van der Waals surface area contributed by atoms with Gasteiger partial charge in [0.05, 0.1) is 28.3 Å². The lowest BCUT2D eigenvalue weighted by Gasteiger charge is -2.29. The van der Waals surface area contributed by atoms with E-state index in [0.29, 0.717) is 35.8 Å². The van der Waals surface area contributed by atoms with E-state index in [2.05, 4.69) is 25.2 Å². The molecule has 4 aromatic rings. The summed E-state index contributed by atoms with van der Waals surface area (Å²) in [5.41, 5.74) is 4.45. The van der Waals surface area contributed by atoms with E-state index in [0.717, 1.165) is 39.3 Å². The molecule has 49 heavy (non-hydrogen) atoms. The van der Waals surface area contributed by atoms with Crippen molar-refractivity contribution in [2.45, 2.75) is 43.9 Å². The van der Waals surface area contributed by atoms with Crippen molar-refractivity contribution >= 4 is 56.1 Å². The number of carbonyl (C=O) groups is 2. The van der Waals surface area contributed by atoms with Crippen molar-refractivity contribution in [1.82, 2.24) is 0 Å². The van der Waals surface area contributed by atoms with Gasteiger partial charge in [-0.05, 0) is 78.9 Å². The van der Waals surface area contributed by atoms with Gasteiger partial charge in [0, 0.05) is 22.4 Å². The predicted molar refractivity (Wildman–Crippen MR) is 191 cm³/mol. The number of ether oxygens (including phenoxy) is 2. The number of allylic oxidation sites excluding steroid dienone is 2. The largest absolute Gasteiger partial charge is 0.494 e. The van der Waals surface area contributed by atoms with Crippen molar-refractivity contribution in [3.63, 3.8) is 0 Å². The number of sulfonamides is 1. The summed E-state index contributed by atoms with van der Waals surface area (Å²) >= 11 is 1.34. The van der Waals surface area contributed by atoms with E-state index in [1.54, 1.807) is 12.1 Å². The van der Waals surface area contributed by atoms with Crippen molar-refractivity contribution in [2.75, 3.05) is 29.4 Å². The van der Waals surface area contributed by atoms with Gasteiger partial charge in [-0.15, -0.1) is 11.3 Å². The van der Waals surface area contributed by atoms with Crippen LogP contribution in [0.4, 0.5) is 10.7 Å². The fourth-order valence-corrected chi connectivity index (χ4v) is 8.90. The Bertz CT molecular complexity index is 2140. The molecule has 3 aromatic carbocycles. The van der Waals surface area contributed by atoms with Gasteiger partial charge >= 0.3 is 5.97 Å². The third-order valence-corrected chi connectivity index (χ3v) is 11.7. The van der Waals surface area contributed by atoms with E-state index in [1.165, 1.54) is 39.9 Å². The first-order valence-electron chi connectivity index (χ1n) is 15.9. The van der Waals surface area contributed by atoms with E-state index in [-0.39, 0.29) is 15.9 Å². The minimum atomic E-state index is -3.92. The Labute approximate surface area is 290 Å². The Hall–Kier alpha value is -5.18. The number of hydrogen-bond donors (Lipinski definition) is 1. The van der Waals surface area contributed by atoms with Gasteiger partial charge in [-0.25, -0.2) is 13.2 Å². The Balaban J connectivity index is 1.13. The van der Waals surface area contributed by atoms with Crippen molar-refractivity contribution in [1.29, 1.82) is 5.26 Å². The first-order chi connectivity index (χ1) is 23.5. The molecule has 250 valence electrons. The van der Waals surface area contributed by atoms with Crippen molar-refractivity contribution < 1.29 is 27.5 Å². The van der Waals surface area contributed by atoms with Crippen LogP contribution >= 0.6 is 11.3 Å². The Morgan fingerprint density at radius 1 is 1.06 bits per heavy atom. The highest BCUT2D eigenvalue weighted by Crippen LogP contribution is 2.47. The topological polar surface area (TPSA) is 126 Å². The number of benzene rings is 3. The molecule has 2 aliphatic rings. The lowest BCUT2D eigenvalue weighted by Crippen LogP contribution is -2.29. The number of para-hydroxylation sites is 1. The summed E-state index contributed by atoms with van der Waals surface area (Å²) in [5.74, 6) is -0.640. The summed E-state index contributed by atoms with van der Waals surface area (Å²) in [4.78, 5) is 26.8. The lowest BCUT2D eigenvalue weighted by molar-refractivity contribution is -0.119. The molecule has 2 heterocycles. The number of nitrogens with one attached hydrogen (secondary N) is 1. The summed E-state index contributed by atoms with van der Waals surface area (Å²) in [7, 11) is -3.92. The van der Waals surface area contributed by atoms with Crippen LogP contribution in [0.1, 0.15) is 64.7 Å². The maximum absolute atomic E-state index is 13.5. The Morgan fingerprint density at radius 3 is 2.59 bits per heavy atom. The second-order valence-electron chi connectivity index (χ2n) is 12.4. The molecule has 6 rings (SSSR count). The van der Waals surface area contributed by atoms with Crippen molar-refractivity contribution in [3.8, 4) is 11.8 Å². The van der Waals surface area contributed by atoms with Crippen LogP contribution in [0.3, 0.4) is 0 Å². The van der Waals surface area contributed by atoms with Crippen LogP contribution in [0.5, 0.6) is 5.75 Å². The monoisotopic (exact) mass is 693 g/mol. The number of rotatable bonds is 10. The molecule has 1 amide bonds. The van der Waals surface area contributed by atoms with Gasteiger partial charge in [0.25, 0.3) is 15.9 Å². The average molecular weight is 694 g/mol. The maximum atomic E-state index is 13.5. The average Bonchev–Trinajstić information content (AvgIpc) is 3.69. The minimum absolute atomic E-state index is 0.00312. The van der Waals surface area contributed by atoms with Gasteiger partial charge in [-0.1, -0.05) is 62.4 Å². The molecule has 1 aliphatic heterocycles. The fourth-order valence-electron chi connectivity index (χ4n) is 6.11. The summed E-state index contributed by atoms with van der Waals surface area (Å²) < 4.78 is 39.0. The summed E-state index contributed by atoms with van der Waals surface area (Å²) in [6, 6.07) is 23.0. The highest BCUT2D eigenvalue weighted by molar-refractivity contribution is 7.92. The van der Waals surface area contributed by atoms with Gasteiger partial charge in [-0.2, -0.15) is 5.26 Å². The predicted octanol–water partition coefficient (Wildman–Crippen LogP) is 7.34. The van der Waals surface area contributed by atoms with Crippen LogP contribution in [-0.2, 0) is 31.4 Å². The smallest absolute Gasteiger partial charge is 0.338 e. The van der Waals surface area contributed by atoms with Crippen molar-refractivity contribution in [3.05, 3.63) is 117 Å². The van der Waals surface area contributed by atoms with E-state index in [4.69, 9.17) is 9.47 Å². The zero-order valence-corrected chi connectivity index (χ0v) is 29.0. The molecule has 9 nitrogen and oxygen atoms in total. The molecule has 1 aromatic heterocycles. The van der Waals surface area contributed by atoms with Crippen LogP contribution in [0.25, 0.3) is 12.2 Å². The first kappa shape index (κ1) is 33.7. The van der Waals surface area contributed by atoms with Gasteiger partial charge in [0.2, 0.25) is 0 Å². The van der Waals surface area contributed by atoms with Crippen LogP contribution in [-0.4, -0.2) is 40.1 Å². The molecular formula is C38H35N3O6S2.